The molecule has 1 aliphatic rings. The molecule has 0 spiro atoms. The maximum Gasteiger partial charge on any atom is 0.271 e. The number of carbonyl (C=O) groups is 1. The molecule has 118 valence electrons. The zero-order valence-corrected chi connectivity index (χ0v) is 12.9. The fraction of sp³-hybridized carbons (Fsp3) is 0.375. The Morgan fingerprint density at radius 2 is 2.17 bits per heavy atom. The van der Waals surface area contributed by atoms with Crippen molar-refractivity contribution < 1.29 is 4.79 Å². The van der Waals surface area contributed by atoms with Gasteiger partial charge in [0.05, 0.1) is 5.69 Å². The number of nitrogens with zero attached hydrogens (tertiary/aromatic N) is 5. The molecule has 0 atom stereocenters. The summed E-state index contributed by atoms with van der Waals surface area (Å²) in [6.45, 7) is 1.57. The number of rotatable bonds is 3. The van der Waals surface area contributed by atoms with Crippen LogP contribution in [-0.2, 0) is 7.05 Å². The van der Waals surface area contributed by atoms with E-state index in [1.54, 1.807) is 30.2 Å². The zero-order valence-electron chi connectivity index (χ0n) is 12.9. The molecule has 23 heavy (non-hydrogen) atoms. The van der Waals surface area contributed by atoms with Gasteiger partial charge in [-0.3, -0.25) is 9.48 Å². The number of aryl methyl sites for hydroxylation is 1. The van der Waals surface area contributed by atoms with Gasteiger partial charge >= 0.3 is 0 Å². The molecular weight excluding hydrogens is 292 g/mol. The number of piperidine rings is 1. The standard InChI is InChI=1S/C16H18N6O/c1-21-8-6-13(20-21)16(23)19-12-4-9-22(10-5-12)15-3-2-7-18-14(15)11-17/h2-3,6-8,12H,4-5,9-10H2,1H3,(H,19,23). The van der Waals surface area contributed by atoms with Crippen molar-refractivity contribution in [3.8, 4) is 6.07 Å². The lowest BCUT2D eigenvalue weighted by Crippen LogP contribution is -2.45. The Morgan fingerprint density at radius 1 is 1.39 bits per heavy atom. The summed E-state index contributed by atoms with van der Waals surface area (Å²) in [7, 11) is 1.79. The number of hydrogen-bond donors (Lipinski definition) is 1. The van der Waals surface area contributed by atoms with Gasteiger partial charge in [0.2, 0.25) is 0 Å². The van der Waals surface area contributed by atoms with Gasteiger partial charge in [0, 0.05) is 38.6 Å². The van der Waals surface area contributed by atoms with Gasteiger partial charge in [-0.05, 0) is 31.0 Å². The monoisotopic (exact) mass is 310 g/mol. The molecule has 0 bridgehead atoms. The molecule has 7 heteroatoms. The minimum atomic E-state index is -0.136. The molecule has 3 heterocycles. The fourth-order valence-electron chi connectivity index (χ4n) is 2.80. The van der Waals surface area contributed by atoms with Crippen molar-refractivity contribution >= 4 is 11.6 Å². The van der Waals surface area contributed by atoms with Crippen LogP contribution >= 0.6 is 0 Å². The van der Waals surface area contributed by atoms with Crippen LogP contribution in [0.4, 0.5) is 5.69 Å². The number of anilines is 1. The molecule has 1 aliphatic heterocycles. The summed E-state index contributed by atoms with van der Waals surface area (Å²) in [6.07, 6.45) is 5.04. The van der Waals surface area contributed by atoms with E-state index >= 15 is 0 Å². The van der Waals surface area contributed by atoms with Gasteiger partial charge in [-0.25, -0.2) is 4.98 Å². The minimum absolute atomic E-state index is 0.128. The average Bonchev–Trinajstić information content (AvgIpc) is 3.02. The minimum Gasteiger partial charge on any atom is -0.369 e. The Labute approximate surface area is 134 Å². The normalized spacial score (nSPS) is 15.2. The number of nitriles is 1. The molecule has 1 saturated heterocycles. The number of carbonyl (C=O) groups excluding carboxylic acids is 1. The summed E-state index contributed by atoms with van der Waals surface area (Å²) in [5, 5.41) is 16.3. The number of pyridine rings is 1. The molecule has 0 aliphatic carbocycles. The summed E-state index contributed by atoms with van der Waals surface area (Å²) in [4.78, 5) is 18.4. The second kappa shape index (κ2) is 6.48. The highest BCUT2D eigenvalue weighted by Crippen LogP contribution is 2.22. The highest BCUT2D eigenvalue weighted by Gasteiger charge is 2.23. The highest BCUT2D eigenvalue weighted by molar-refractivity contribution is 5.92. The lowest BCUT2D eigenvalue weighted by atomic mass is 10.0. The van der Waals surface area contributed by atoms with E-state index in [1.807, 2.05) is 12.1 Å². The molecule has 0 unspecified atom stereocenters. The summed E-state index contributed by atoms with van der Waals surface area (Å²) in [5.41, 5.74) is 1.75. The van der Waals surface area contributed by atoms with E-state index in [-0.39, 0.29) is 11.9 Å². The highest BCUT2D eigenvalue weighted by atomic mass is 16.2. The third kappa shape index (κ3) is 3.31. The number of aromatic nitrogens is 3. The van der Waals surface area contributed by atoms with E-state index in [4.69, 9.17) is 5.26 Å². The van der Waals surface area contributed by atoms with E-state index in [1.165, 1.54) is 0 Å². The largest absolute Gasteiger partial charge is 0.369 e. The molecule has 1 fully saturated rings. The molecule has 0 aromatic carbocycles. The third-order valence-electron chi connectivity index (χ3n) is 4.01. The van der Waals surface area contributed by atoms with E-state index < -0.39 is 0 Å². The van der Waals surface area contributed by atoms with Gasteiger partial charge in [0.15, 0.2) is 5.69 Å². The van der Waals surface area contributed by atoms with Crippen LogP contribution in [0.3, 0.4) is 0 Å². The molecular formula is C16H18N6O. The van der Waals surface area contributed by atoms with Gasteiger partial charge in [-0.1, -0.05) is 0 Å². The van der Waals surface area contributed by atoms with Crippen molar-refractivity contribution in [2.24, 2.45) is 7.05 Å². The molecule has 0 saturated carbocycles. The molecule has 1 N–H and O–H groups in total. The maximum absolute atomic E-state index is 12.1. The first-order valence-electron chi connectivity index (χ1n) is 7.58. The number of hydrogen-bond acceptors (Lipinski definition) is 5. The van der Waals surface area contributed by atoms with Crippen LogP contribution in [0.2, 0.25) is 0 Å². The van der Waals surface area contributed by atoms with Crippen molar-refractivity contribution in [3.05, 3.63) is 42.0 Å². The maximum atomic E-state index is 12.1. The lowest BCUT2D eigenvalue weighted by molar-refractivity contribution is 0.0925. The van der Waals surface area contributed by atoms with Crippen molar-refractivity contribution in [1.82, 2.24) is 20.1 Å². The first-order chi connectivity index (χ1) is 11.2. The molecule has 2 aromatic heterocycles. The van der Waals surface area contributed by atoms with E-state index in [0.717, 1.165) is 31.6 Å². The van der Waals surface area contributed by atoms with Crippen molar-refractivity contribution in [3.63, 3.8) is 0 Å². The van der Waals surface area contributed by atoms with E-state index in [9.17, 15) is 4.79 Å². The average molecular weight is 310 g/mol. The lowest BCUT2D eigenvalue weighted by Gasteiger charge is -2.33. The number of nitrogens with one attached hydrogen (secondary N) is 1. The Bertz CT molecular complexity index is 739. The van der Waals surface area contributed by atoms with Crippen molar-refractivity contribution in [2.45, 2.75) is 18.9 Å². The number of amides is 1. The SMILES string of the molecule is Cn1ccc(C(=O)NC2CCN(c3cccnc3C#N)CC2)n1. The van der Waals surface area contributed by atoms with E-state index in [0.29, 0.717) is 11.4 Å². The molecule has 1 amide bonds. The van der Waals surface area contributed by atoms with Crippen LogP contribution in [0.15, 0.2) is 30.6 Å². The van der Waals surface area contributed by atoms with Crippen LogP contribution in [0.1, 0.15) is 29.0 Å². The molecule has 2 aromatic rings. The third-order valence-corrected chi connectivity index (χ3v) is 4.01. The van der Waals surface area contributed by atoms with Gasteiger partial charge in [0.1, 0.15) is 11.8 Å². The second-order valence-electron chi connectivity index (χ2n) is 5.59. The van der Waals surface area contributed by atoms with Gasteiger partial charge in [0.25, 0.3) is 5.91 Å². The van der Waals surface area contributed by atoms with Gasteiger partial charge < -0.3 is 10.2 Å². The summed E-state index contributed by atoms with van der Waals surface area (Å²) in [6, 6.07) is 7.72. The van der Waals surface area contributed by atoms with Crippen molar-refractivity contribution in [2.75, 3.05) is 18.0 Å². The van der Waals surface area contributed by atoms with Crippen LogP contribution in [0.5, 0.6) is 0 Å². The summed E-state index contributed by atoms with van der Waals surface area (Å²) < 4.78 is 1.61. The molecule has 0 radical (unpaired) electrons. The van der Waals surface area contributed by atoms with Crippen LogP contribution < -0.4 is 10.2 Å². The summed E-state index contributed by atoms with van der Waals surface area (Å²) >= 11 is 0. The van der Waals surface area contributed by atoms with Crippen LogP contribution in [0, 0.1) is 11.3 Å². The second-order valence-corrected chi connectivity index (χ2v) is 5.59. The topological polar surface area (TPSA) is 86.8 Å². The Balaban J connectivity index is 1.58. The van der Waals surface area contributed by atoms with E-state index in [2.05, 4.69) is 26.4 Å². The fourth-order valence-corrected chi connectivity index (χ4v) is 2.80. The zero-order chi connectivity index (χ0) is 16.2. The Hall–Kier alpha value is -2.88. The Kier molecular flexibility index (Phi) is 4.24. The first-order valence-corrected chi connectivity index (χ1v) is 7.58. The molecule has 3 rings (SSSR count). The van der Waals surface area contributed by atoms with Gasteiger partial charge in [-0.2, -0.15) is 10.4 Å². The van der Waals surface area contributed by atoms with Crippen molar-refractivity contribution in [1.29, 1.82) is 5.26 Å². The smallest absolute Gasteiger partial charge is 0.271 e. The van der Waals surface area contributed by atoms with Crippen LogP contribution in [0.25, 0.3) is 0 Å². The van der Waals surface area contributed by atoms with Crippen LogP contribution in [-0.4, -0.2) is 39.8 Å². The van der Waals surface area contributed by atoms with Gasteiger partial charge in [-0.15, -0.1) is 0 Å². The first kappa shape index (κ1) is 15.0. The predicted molar refractivity (Wildman–Crippen MR) is 84.9 cm³/mol. The predicted octanol–water partition coefficient (Wildman–Crippen LogP) is 1.09. The molecule has 7 nitrogen and oxygen atoms in total. The summed E-state index contributed by atoms with van der Waals surface area (Å²) in [5.74, 6) is -0.136. The quantitative estimate of drug-likeness (QED) is 0.917. The Morgan fingerprint density at radius 3 is 2.83 bits per heavy atom.